The van der Waals surface area contributed by atoms with Gasteiger partial charge in [0.1, 0.15) is 0 Å². The van der Waals surface area contributed by atoms with Crippen molar-refractivity contribution in [2.24, 2.45) is 5.92 Å². The molecule has 0 aromatic heterocycles. The molecule has 0 atom stereocenters. The van der Waals surface area contributed by atoms with Gasteiger partial charge in [0, 0.05) is 0 Å². The van der Waals surface area contributed by atoms with Gasteiger partial charge in [-0.1, -0.05) is 6.92 Å². The Hall–Kier alpha value is -0.0400. The highest BCUT2D eigenvalue weighted by molar-refractivity contribution is 4.76. The lowest BCUT2D eigenvalue weighted by atomic mass is 9.84. The first-order valence-electron chi connectivity index (χ1n) is 3.84. The van der Waals surface area contributed by atoms with Crippen LogP contribution < -0.4 is 0 Å². The van der Waals surface area contributed by atoms with Gasteiger partial charge in [-0.05, 0) is 32.6 Å². The molecule has 0 amide bonds. The maximum absolute atomic E-state index is 5.56. The summed E-state index contributed by atoms with van der Waals surface area (Å²) in [6.45, 7) is 6.48. The van der Waals surface area contributed by atoms with E-state index in [1.807, 2.05) is 0 Å². The highest BCUT2D eigenvalue weighted by Crippen LogP contribution is 2.29. The molecule has 0 radical (unpaired) electrons. The molecule has 0 aliphatic heterocycles. The average Bonchev–Trinajstić information content (AvgIpc) is 1.60. The Bertz CT molecular complexity index is 82.6. The molecular formula is C8H16O. The number of rotatable bonds is 2. The van der Waals surface area contributed by atoms with Crippen LogP contribution in [-0.2, 0) is 4.74 Å². The van der Waals surface area contributed by atoms with Crippen LogP contribution >= 0.6 is 0 Å². The van der Waals surface area contributed by atoms with Crippen LogP contribution in [0.15, 0.2) is 0 Å². The normalized spacial score (nSPS) is 34.7. The van der Waals surface area contributed by atoms with E-state index in [0.717, 1.165) is 5.92 Å². The zero-order valence-electron chi connectivity index (χ0n) is 6.55. The Kier molecular flexibility index (Phi) is 2.12. The van der Waals surface area contributed by atoms with Crippen molar-refractivity contribution in [1.82, 2.24) is 0 Å². The van der Waals surface area contributed by atoms with Crippen molar-refractivity contribution in [3.05, 3.63) is 0 Å². The van der Waals surface area contributed by atoms with Gasteiger partial charge < -0.3 is 4.74 Å². The molecule has 9 heavy (non-hydrogen) atoms. The monoisotopic (exact) mass is 128 g/mol. The van der Waals surface area contributed by atoms with Crippen LogP contribution in [0.3, 0.4) is 0 Å². The Balaban J connectivity index is 2.04. The van der Waals surface area contributed by atoms with Crippen molar-refractivity contribution in [3.8, 4) is 0 Å². The zero-order chi connectivity index (χ0) is 6.85. The summed E-state index contributed by atoms with van der Waals surface area (Å²) in [5.74, 6) is 0.911. The maximum Gasteiger partial charge on any atom is 0.0583 e. The molecule has 0 aromatic carbocycles. The second-order valence-electron chi connectivity index (χ2n) is 3.38. The van der Waals surface area contributed by atoms with Gasteiger partial charge in [-0.25, -0.2) is 0 Å². The van der Waals surface area contributed by atoms with Crippen molar-refractivity contribution < 1.29 is 4.74 Å². The van der Waals surface area contributed by atoms with Crippen LogP contribution in [0, 0.1) is 5.92 Å². The molecule has 0 N–H and O–H groups in total. The highest BCUT2D eigenvalue weighted by Gasteiger charge is 2.26. The van der Waals surface area contributed by atoms with E-state index in [0.29, 0.717) is 12.2 Å². The number of hydrogen-bond acceptors (Lipinski definition) is 1. The summed E-state index contributed by atoms with van der Waals surface area (Å²) >= 11 is 0. The molecule has 1 aliphatic carbocycles. The Morgan fingerprint density at radius 2 is 1.89 bits per heavy atom. The Morgan fingerprint density at radius 3 is 2.22 bits per heavy atom. The van der Waals surface area contributed by atoms with Gasteiger partial charge >= 0.3 is 0 Å². The first-order chi connectivity index (χ1) is 4.18. The largest absolute Gasteiger partial charge is 0.376 e. The van der Waals surface area contributed by atoms with Gasteiger partial charge in [-0.15, -0.1) is 0 Å². The number of hydrogen-bond donors (Lipinski definition) is 0. The topological polar surface area (TPSA) is 9.23 Å². The summed E-state index contributed by atoms with van der Waals surface area (Å²) < 4.78 is 5.56. The van der Waals surface area contributed by atoms with E-state index in [2.05, 4.69) is 20.8 Å². The van der Waals surface area contributed by atoms with E-state index in [9.17, 15) is 0 Å². The fourth-order valence-corrected chi connectivity index (χ4v) is 1.32. The van der Waals surface area contributed by atoms with Crippen molar-refractivity contribution in [2.75, 3.05) is 0 Å². The molecule has 0 heterocycles. The van der Waals surface area contributed by atoms with Crippen molar-refractivity contribution in [1.29, 1.82) is 0 Å². The lowest BCUT2D eigenvalue weighted by Crippen LogP contribution is -2.31. The minimum absolute atomic E-state index is 0.419. The molecule has 1 aliphatic rings. The minimum Gasteiger partial charge on any atom is -0.376 e. The fourth-order valence-electron chi connectivity index (χ4n) is 1.32. The summed E-state index contributed by atoms with van der Waals surface area (Å²) in [5.41, 5.74) is 0. The van der Waals surface area contributed by atoms with E-state index in [1.165, 1.54) is 12.8 Å². The van der Waals surface area contributed by atoms with Crippen molar-refractivity contribution >= 4 is 0 Å². The van der Waals surface area contributed by atoms with Crippen molar-refractivity contribution in [3.63, 3.8) is 0 Å². The molecule has 0 spiro atoms. The van der Waals surface area contributed by atoms with Gasteiger partial charge in [0.05, 0.1) is 12.2 Å². The third kappa shape index (κ3) is 1.98. The molecule has 0 saturated heterocycles. The fraction of sp³-hybridized carbons (Fsp3) is 1.00. The van der Waals surface area contributed by atoms with Gasteiger partial charge in [0.25, 0.3) is 0 Å². The smallest absolute Gasteiger partial charge is 0.0583 e. The molecule has 0 aromatic rings. The van der Waals surface area contributed by atoms with E-state index >= 15 is 0 Å². The second-order valence-corrected chi connectivity index (χ2v) is 3.38. The lowest BCUT2D eigenvalue weighted by Gasteiger charge is -2.33. The third-order valence-corrected chi connectivity index (χ3v) is 1.80. The Morgan fingerprint density at radius 1 is 1.33 bits per heavy atom. The van der Waals surface area contributed by atoms with Crippen LogP contribution in [-0.4, -0.2) is 12.2 Å². The molecule has 1 nitrogen and oxygen atoms in total. The maximum atomic E-state index is 5.56. The molecular weight excluding hydrogens is 112 g/mol. The van der Waals surface area contributed by atoms with E-state index in [4.69, 9.17) is 4.74 Å². The van der Waals surface area contributed by atoms with E-state index < -0.39 is 0 Å². The molecule has 54 valence electrons. The van der Waals surface area contributed by atoms with E-state index in [-0.39, 0.29) is 0 Å². The molecule has 1 rings (SSSR count). The first kappa shape index (κ1) is 7.07. The zero-order valence-corrected chi connectivity index (χ0v) is 6.55. The quantitative estimate of drug-likeness (QED) is 0.554. The predicted molar refractivity (Wildman–Crippen MR) is 38.4 cm³/mol. The number of ether oxygens (including phenoxy) is 1. The molecule has 1 saturated carbocycles. The van der Waals surface area contributed by atoms with Crippen LogP contribution in [0.1, 0.15) is 33.6 Å². The van der Waals surface area contributed by atoms with Crippen LogP contribution in [0.5, 0.6) is 0 Å². The van der Waals surface area contributed by atoms with Gasteiger partial charge in [0.15, 0.2) is 0 Å². The van der Waals surface area contributed by atoms with E-state index in [1.54, 1.807) is 0 Å². The predicted octanol–water partition coefficient (Wildman–Crippen LogP) is 2.21. The minimum atomic E-state index is 0.419. The molecule has 0 unspecified atom stereocenters. The summed E-state index contributed by atoms with van der Waals surface area (Å²) in [6, 6.07) is 0. The standard InChI is InChI=1S/C8H16O/c1-6(2)9-8-4-7(3)5-8/h6-8H,4-5H2,1-3H3/t7-,8+. The summed E-state index contributed by atoms with van der Waals surface area (Å²) in [5, 5.41) is 0. The van der Waals surface area contributed by atoms with Gasteiger partial charge in [-0.3, -0.25) is 0 Å². The van der Waals surface area contributed by atoms with Crippen LogP contribution in [0.4, 0.5) is 0 Å². The molecule has 0 bridgehead atoms. The molecule has 1 heteroatoms. The van der Waals surface area contributed by atoms with Crippen LogP contribution in [0.2, 0.25) is 0 Å². The summed E-state index contributed by atoms with van der Waals surface area (Å²) in [7, 11) is 0. The third-order valence-electron chi connectivity index (χ3n) is 1.80. The van der Waals surface area contributed by atoms with Gasteiger partial charge in [-0.2, -0.15) is 0 Å². The first-order valence-corrected chi connectivity index (χ1v) is 3.84. The highest BCUT2D eigenvalue weighted by atomic mass is 16.5. The summed E-state index contributed by atoms with van der Waals surface area (Å²) in [4.78, 5) is 0. The lowest BCUT2D eigenvalue weighted by molar-refractivity contribution is -0.0576. The Labute approximate surface area is 57.4 Å². The van der Waals surface area contributed by atoms with Gasteiger partial charge in [0.2, 0.25) is 0 Å². The second kappa shape index (κ2) is 2.70. The molecule has 1 fully saturated rings. The summed E-state index contributed by atoms with van der Waals surface area (Å²) in [6.07, 6.45) is 3.55. The van der Waals surface area contributed by atoms with Crippen molar-refractivity contribution in [2.45, 2.75) is 45.8 Å². The van der Waals surface area contributed by atoms with Crippen LogP contribution in [0.25, 0.3) is 0 Å². The average molecular weight is 128 g/mol. The SMILES string of the molecule is CC(C)O[C@H]1C[C@@H](C)C1.